The number of halogens is 1. The minimum atomic E-state index is 0. The molecule has 0 spiro atoms. The van der Waals surface area contributed by atoms with Crippen molar-refractivity contribution in [2.45, 2.75) is 26.6 Å². The van der Waals surface area contributed by atoms with Gasteiger partial charge in [-0.05, 0) is 60.2 Å². The van der Waals surface area contributed by atoms with Crippen molar-refractivity contribution in [2.24, 2.45) is 5.34 Å². The zero-order chi connectivity index (χ0) is 16.4. The van der Waals surface area contributed by atoms with Crippen molar-refractivity contribution in [1.29, 1.82) is 0 Å². The predicted molar refractivity (Wildman–Crippen MR) is 94.9 cm³/mol. The molecule has 0 N–H and O–H groups in total. The van der Waals surface area contributed by atoms with E-state index in [4.69, 9.17) is 19.6 Å². The Morgan fingerprint density at radius 3 is 2.30 bits per heavy atom. The Balaban J connectivity index is 0.00000112. The summed E-state index contributed by atoms with van der Waals surface area (Å²) in [4.78, 5) is 8.00. The molecule has 2 aromatic rings. The van der Waals surface area contributed by atoms with Crippen molar-refractivity contribution in [3.8, 4) is 11.5 Å². The number of ether oxygens (including phenoxy) is 2. The summed E-state index contributed by atoms with van der Waals surface area (Å²) in [5, 5.41) is 9.00. The van der Waals surface area contributed by atoms with E-state index in [0.29, 0.717) is 6.61 Å². The molecule has 0 unspecified atom stereocenters. The summed E-state index contributed by atoms with van der Waals surface area (Å²) in [5.41, 5.74) is 1.17. The van der Waals surface area contributed by atoms with E-state index in [9.17, 15) is 0 Å². The molecule has 7 heteroatoms. The van der Waals surface area contributed by atoms with Gasteiger partial charge < -0.3 is 19.6 Å². The zero-order valence-electron chi connectivity index (χ0n) is 13.4. The first-order valence-electron chi connectivity index (χ1n) is 6.64. The number of hydrogen-bond acceptors (Lipinski definition) is 5. The number of benzene rings is 2. The Morgan fingerprint density at radius 1 is 1.17 bits per heavy atom. The fourth-order valence-electron chi connectivity index (χ4n) is 1.66. The first-order chi connectivity index (χ1) is 10.6. The quantitative estimate of drug-likeness (QED) is 0.310. The zero-order valence-corrected chi connectivity index (χ0v) is 17.5. The van der Waals surface area contributed by atoms with Gasteiger partial charge in [0.1, 0.15) is 18.1 Å². The van der Waals surface area contributed by atoms with E-state index in [1.807, 2.05) is 50.2 Å². The molecule has 0 heterocycles. The Labute approximate surface area is 171 Å². The number of rotatable bonds is 5. The minimum absolute atomic E-state index is 0. The molecule has 0 amide bonds. The molecule has 5 nitrogen and oxygen atoms in total. The van der Waals surface area contributed by atoms with Crippen LogP contribution in [0.15, 0.2) is 53.9 Å². The summed E-state index contributed by atoms with van der Waals surface area (Å²) in [7, 11) is 0. The molecule has 0 aliphatic heterocycles. The molecule has 118 valence electrons. The Morgan fingerprint density at radius 2 is 1.78 bits per heavy atom. The summed E-state index contributed by atoms with van der Waals surface area (Å²) in [5.74, 6) is 1.77. The van der Waals surface area contributed by atoms with Crippen LogP contribution in [-0.2, 0) is 6.61 Å². The van der Waals surface area contributed by atoms with Crippen LogP contribution >= 0.6 is 22.6 Å². The Bertz CT molecular complexity index is 582. The third-order valence-corrected chi connectivity index (χ3v) is 3.36. The summed E-state index contributed by atoms with van der Waals surface area (Å²) < 4.78 is 12.5. The largest absolute Gasteiger partial charge is 1.00 e. The molecule has 2 rings (SSSR count). The van der Waals surface area contributed by atoms with Crippen LogP contribution in [0.25, 0.3) is 0 Å². The molecule has 0 atom stereocenters. The van der Waals surface area contributed by atoms with E-state index in [1.165, 1.54) is 5.56 Å². The van der Waals surface area contributed by atoms with Crippen LogP contribution in [0.5, 0.6) is 11.5 Å². The Hall–Kier alpha value is -0.830. The van der Waals surface area contributed by atoms with Crippen LogP contribution < -0.4 is 39.0 Å². The normalized spacial score (nSPS) is 9.22. The van der Waals surface area contributed by atoms with Crippen LogP contribution in [0.1, 0.15) is 19.4 Å². The molecule has 23 heavy (non-hydrogen) atoms. The number of hydrogen-bond donors (Lipinski definition) is 0. The van der Waals surface area contributed by atoms with Crippen molar-refractivity contribution in [1.82, 2.24) is 0 Å². The summed E-state index contributed by atoms with van der Waals surface area (Å²) in [6, 6.07) is 16.1. The van der Waals surface area contributed by atoms with Crippen LogP contribution in [-0.4, -0.2) is 6.10 Å². The van der Waals surface area contributed by atoms with Gasteiger partial charge in [0.15, 0.2) is 0 Å². The molecule has 0 radical (unpaired) electrons. The van der Waals surface area contributed by atoms with Crippen molar-refractivity contribution >= 4 is 22.6 Å². The van der Waals surface area contributed by atoms with Crippen LogP contribution in [0.2, 0.25) is 0 Å². The van der Waals surface area contributed by atoms with E-state index >= 15 is 0 Å². The standard InChI is InChI=1S/C16H17IO2.HNO2.Na/c1-12(2)19-16-9-8-14(10-15(16)17)18-11-13-6-4-3-5-7-13;2-1-3;/h3-10,12H,11H2,1-2H3;(H,2,3);/q;;+1/p-1. The first-order valence-corrected chi connectivity index (χ1v) is 7.72. The predicted octanol–water partition coefficient (Wildman–Crippen LogP) is 1.91. The van der Waals surface area contributed by atoms with Crippen LogP contribution in [0.3, 0.4) is 0 Å². The SMILES string of the molecule is CC(C)Oc1ccc(OCc2ccccc2)cc1I.O=N[O-].[Na+]. The minimum Gasteiger partial charge on any atom is -0.490 e. The average Bonchev–Trinajstić information content (AvgIpc) is 2.49. The molecule has 2 aromatic carbocycles. The summed E-state index contributed by atoms with van der Waals surface area (Å²) in [6.45, 7) is 4.63. The van der Waals surface area contributed by atoms with Gasteiger partial charge in [-0.25, -0.2) is 0 Å². The smallest absolute Gasteiger partial charge is 0.490 e. The third kappa shape index (κ3) is 9.14. The first kappa shape index (κ1) is 22.2. The molecule has 0 bridgehead atoms. The van der Waals surface area contributed by atoms with E-state index in [2.05, 4.69) is 34.7 Å². The van der Waals surface area contributed by atoms with Gasteiger partial charge in [0.2, 0.25) is 0 Å². The van der Waals surface area contributed by atoms with E-state index in [1.54, 1.807) is 0 Å². The average molecular weight is 437 g/mol. The van der Waals surface area contributed by atoms with Gasteiger partial charge in [0, 0.05) is 0 Å². The molecule has 0 saturated heterocycles. The number of nitrogens with zero attached hydrogens (tertiary/aromatic N) is 1. The van der Waals surface area contributed by atoms with Gasteiger partial charge in [0.25, 0.3) is 0 Å². The van der Waals surface area contributed by atoms with Gasteiger partial charge in [0.05, 0.1) is 9.67 Å². The maximum Gasteiger partial charge on any atom is 1.00 e. The van der Waals surface area contributed by atoms with Crippen molar-refractivity contribution in [2.75, 3.05) is 0 Å². The van der Waals surface area contributed by atoms with E-state index < -0.39 is 0 Å². The second kappa shape index (κ2) is 12.6. The van der Waals surface area contributed by atoms with Crippen LogP contribution in [0, 0.1) is 13.7 Å². The molecule has 0 saturated carbocycles. The van der Waals surface area contributed by atoms with E-state index in [-0.39, 0.29) is 35.7 Å². The van der Waals surface area contributed by atoms with Gasteiger partial charge in [-0.3, -0.25) is 0 Å². The van der Waals surface area contributed by atoms with Gasteiger partial charge in [-0.2, -0.15) is 0 Å². The Kier molecular flexibility index (Phi) is 12.1. The van der Waals surface area contributed by atoms with Crippen LogP contribution in [0.4, 0.5) is 0 Å². The molecular weight excluding hydrogens is 420 g/mol. The molecular formula is C16H17INNaO4. The molecule has 0 aliphatic carbocycles. The monoisotopic (exact) mass is 437 g/mol. The second-order valence-electron chi connectivity index (χ2n) is 4.61. The summed E-state index contributed by atoms with van der Waals surface area (Å²) in [6.07, 6.45) is 0.185. The topological polar surface area (TPSA) is 71.0 Å². The molecule has 0 fully saturated rings. The van der Waals surface area contributed by atoms with Crippen molar-refractivity contribution in [3.05, 3.63) is 67.8 Å². The second-order valence-corrected chi connectivity index (χ2v) is 5.77. The maximum absolute atomic E-state index is 8.00. The van der Waals surface area contributed by atoms with Crippen molar-refractivity contribution < 1.29 is 39.0 Å². The maximum atomic E-state index is 8.00. The fraction of sp³-hybridized carbons (Fsp3) is 0.250. The van der Waals surface area contributed by atoms with Crippen molar-refractivity contribution in [3.63, 3.8) is 0 Å². The van der Waals surface area contributed by atoms with Gasteiger partial charge in [-0.1, -0.05) is 30.3 Å². The van der Waals surface area contributed by atoms with E-state index in [0.717, 1.165) is 20.4 Å². The third-order valence-electron chi connectivity index (χ3n) is 2.51. The molecule has 0 aliphatic rings. The fourth-order valence-corrected chi connectivity index (χ4v) is 2.28. The van der Waals surface area contributed by atoms with Gasteiger partial charge >= 0.3 is 29.6 Å². The van der Waals surface area contributed by atoms with Gasteiger partial charge in [-0.15, -0.1) is 5.34 Å². The summed E-state index contributed by atoms with van der Waals surface area (Å²) >= 11 is 2.27. The molecule has 0 aromatic heterocycles.